The lowest BCUT2D eigenvalue weighted by atomic mass is 9.96. The van der Waals surface area contributed by atoms with E-state index in [1.165, 1.54) is 25.9 Å². The molecule has 0 atom stereocenters. The van der Waals surface area contributed by atoms with E-state index < -0.39 is 0 Å². The number of nitrogens with zero attached hydrogens (tertiary/aromatic N) is 1. The first-order chi connectivity index (χ1) is 7.93. The van der Waals surface area contributed by atoms with Gasteiger partial charge in [0.15, 0.2) is 0 Å². The van der Waals surface area contributed by atoms with E-state index in [1.54, 1.807) is 0 Å². The van der Waals surface area contributed by atoms with Crippen LogP contribution in [0.5, 0.6) is 0 Å². The Morgan fingerprint density at radius 1 is 1.29 bits per heavy atom. The molecular formula is C15H29NO. The van der Waals surface area contributed by atoms with Crippen molar-refractivity contribution in [3.05, 3.63) is 11.8 Å². The van der Waals surface area contributed by atoms with E-state index in [1.807, 2.05) is 0 Å². The molecule has 0 unspecified atom stereocenters. The Kier molecular flexibility index (Phi) is 5.51. The Morgan fingerprint density at radius 2 is 1.88 bits per heavy atom. The first-order valence-corrected chi connectivity index (χ1v) is 6.99. The minimum absolute atomic E-state index is 0.0459. The zero-order valence-corrected chi connectivity index (χ0v) is 12.3. The molecule has 1 aliphatic heterocycles. The second-order valence-electron chi connectivity index (χ2n) is 6.20. The summed E-state index contributed by atoms with van der Waals surface area (Å²) in [6.45, 7) is 14.4. The van der Waals surface area contributed by atoms with Gasteiger partial charge in [0, 0.05) is 0 Å². The summed E-state index contributed by atoms with van der Waals surface area (Å²) in [5, 5.41) is 0. The van der Waals surface area contributed by atoms with Gasteiger partial charge in [0.2, 0.25) is 0 Å². The summed E-state index contributed by atoms with van der Waals surface area (Å²) in [6.07, 6.45) is 5.91. The van der Waals surface area contributed by atoms with Gasteiger partial charge in [-0.3, -0.25) is 4.90 Å². The van der Waals surface area contributed by atoms with E-state index in [-0.39, 0.29) is 5.60 Å². The SMILES string of the molecule is CC=C(CN1CCCC1)OC(C)(C)CC(C)C. The molecule has 0 aromatic carbocycles. The second-order valence-corrected chi connectivity index (χ2v) is 6.20. The van der Waals surface area contributed by atoms with Gasteiger partial charge < -0.3 is 4.74 Å². The van der Waals surface area contributed by atoms with Gasteiger partial charge in [0.05, 0.1) is 6.54 Å². The molecule has 0 aromatic heterocycles. The van der Waals surface area contributed by atoms with Crippen LogP contribution >= 0.6 is 0 Å². The van der Waals surface area contributed by atoms with Crippen LogP contribution in [0.3, 0.4) is 0 Å². The number of rotatable bonds is 6. The maximum Gasteiger partial charge on any atom is 0.106 e. The standard InChI is InChI=1S/C15H29NO/c1-6-14(12-16-9-7-8-10-16)17-15(4,5)11-13(2)3/h6,13H,7-12H2,1-5H3. The third-order valence-corrected chi connectivity index (χ3v) is 3.21. The number of allylic oxidation sites excluding steroid dienone is 1. The normalized spacial score (nSPS) is 19.1. The highest BCUT2D eigenvalue weighted by atomic mass is 16.5. The van der Waals surface area contributed by atoms with Crippen LogP contribution in [0.1, 0.15) is 53.9 Å². The summed E-state index contributed by atoms with van der Waals surface area (Å²) < 4.78 is 6.18. The highest BCUT2D eigenvalue weighted by molar-refractivity contribution is 4.97. The summed E-state index contributed by atoms with van der Waals surface area (Å²) >= 11 is 0. The van der Waals surface area contributed by atoms with E-state index in [2.05, 4.69) is 45.6 Å². The molecule has 1 aliphatic rings. The lowest BCUT2D eigenvalue weighted by molar-refractivity contribution is 0.00801. The van der Waals surface area contributed by atoms with Crippen LogP contribution < -0.4 is 0 Å². The molecule has 0 amide bonds. The van der Waals surface area contributed by atoms with Gasteiger partial charge in [-0.25, -0.2) is 0 Å². The molecule has 0 bridgehead atoms. The van der Waals surface area contributed by atoms with Crippen LogP contribution in [0.2, 0.25) is 0 Å². The van der Waals surface area contributed by atoms with Crippen molar-refractivity contribution in [1.82, 2.24) is 4.90 Å². The number of hydrogen-bond acceptors (Lipinski definition) is 2. The summed E-state index contributed by atoms with van der Waals surface area (Å²) in [5.41, 5.74) is -0.0459. The maximum atomic E-state index is 6.18. The molecule has 1 rings (SSSR count). The molecule has 17 heavy (non-hydrogen) atoms. The van der Waals surface area contributed by atoms with Crippen molar-refractivity contribution in [2.75, 3.05) is 19.6 Å². The predicted octanol–water partition coefficient (Wildman–Crippen LogP) is 3.83. The Morgan fingerprint density at radius 3 is 2.35 bits per heavy atom. The van der Waals surface area contributed by atoms with Crippen LogP contribution in [-0.4, -0.2) is 30.1 Å². The van der Waals surface area contributed by atoms with Crippen LogP contribution in [0.4, 0.5) is 0 Å². The Hall–Kier alpha value is -0.500. The monoisotopic (exact) mass is 239 g/mol. The van der Waals surface area contributed by atoms with E-state index in [9.17, 15) is 0 Å². The van der Waals surface area contributed by atoms with Crippen molar-refractivity contribution < 1.29 is 4.74 Å². The van der Waals surface area contributed by atoms with E-state index in [4.69, 9.17) is 4.74 Å². The summed E-state index contributed by atoms with van der Waals surface area (Å²) in [6, 6.07) is 0. The first-order valence-electron chi connectivity index (χ1n) is 6.99. The van der Waals surface area contributed by atoms with Gasteiger partial charge in [-0.05, 0) is 65.1 Å². The topological polar surface area (TPSA) is 12.5 Å². The van der Waals surface area contributed by atoms with Crippen molar-refractivity contribution in [1.29, 1.82) is 0 Å². The van der Waals surface area contributed by atoms with E-state index in [0.29, 0.717) is 5.92 Å². The smallest absolute Gasteiger partial charge is 0.106 e. The molecule has 100 valence electrons. The first kappa shape index (κ1) is 14.6. The summed E-state index contributed by atoms with van der Waals surface area (Å²) in [7, 11) is 0. The van der Waals surface area contributed by atoms with Gasteiger partial charge >= 0.3 is 0 Å². The average molecular weight is 239 g/mol. The minimum atomic E-state index is -0.0459. The molecule has 0 aliphatic carbocycles. The number of likely N-dealkylation sites (tertiary alicyclic amines) is 1. The highest BCUT2D eigenvalue weighted by Gasteiger charge is 2.23. The Bertz CT molecular complexity index is 250. The third-order valence-electron chi connectivity index (χ3n) is 3.21. The third kappa shape index (κ3) is 5.58. The molecule has 0 aromatic rings. The second kappa shape index (κ2) is 6.44. The van der Waals surface area contributed by atoms with E-state index >= 15 is 0 Å². The molecular weight excluding hydrogens is 210 g/mol. The Balaban J connectivity index is 2.45. The van der Waals surface area contributed by atoms with Gasteiger partial charge in [-0.2, -0.15) is 0 Å². The fourth-order valence-electron chi connectivity index (χ4n) is 2.72. The largest absolute Gasteiger partial charge is 0.491 e. The molecule has 1 heterocycles. The summed E-state index contributed by atoms with van der Waals surface area (Å²) in [4.78, 5) is 2.49. The van der Waals surface area contributed by atoms with Crippen molar-refractivity contribution >= 4 is 0 Å². The summed E-state index contributed by atoms with van der Waals surface area (Å²) in [5.74, 6) is 1.81. The van der Waals surface area contributed by atoms with Crippen molar-refractivity contribution in [2.45, 2.75) is 59.5 Å². The van der Waals surface area contributed by atoms with Gasteiger partial charge in [0.25, 0.3) is 0 Å². The minimum Gasteiger partial charge on any atom is -0.491 e. The van der Waals surface area contributed by atoms with Crippen molar-refractivity contribution in [3.63, 3.8) is 0 Å². The zero-order chi connectivity index (χ0) is 12.9. The molecule has 0 radical (unpaired) electrons. The average Bonchev–Trinajstić information content (AvgIpc) is 2.66. The fraction of sp³-hybridized carbons (Fsp3) is 0.867. The van der Waals surface area contributed by atoms with Gasteiger partial charge in [0.1, 0.15) is 11.4 Å². The lowest BCUT2D eigenvalue weighted by Gasteiger charge is -2.31. The quantitative estimate of drug-likeness (QED) is 0.653. The zero-order valence-electron chi connectivity index (χ0n) is 12.3. The molecule has 0 saturated carbocycles. The van der Waals surface area contributed by atoms with Crippen LogP contribution in [0.15, 0.2) is 11.8 Å². The van der Waals surface area contributed by atoms with Crippen LogP contribution in [0, 0.1) is 5.92 Å². The maximum absolute atomic E-state index is 6.18. The molecule has 0 spiro atoms. The molecule has 2 heteroatoms. The van der Waals surface area contributed by atoms with Crippen molar-refractivity contribution in [2.24, 2.45) is 5.92 Å². The highest BCUT2D eigenvalue weighted by Crippen LogP contribution is 2.24. The van der Waals surface area contributed by atoms with Crippen LogP contribution in [0.25, 0.3) is 0 Å². The van der Waals surface area contributed by atoms with E-state index in [0.717, 1.165) is 18.7 Å². The lowest BCUT2D eigenvalue weighted by Crippen LogP contribution is -2.30. The van der Waals surface area contributed by atoms with Crippen LogP contribution in [-0.2, 0) is 4.74 Å². The molecule has 0 N–H and O–H groups in total. The molecule has 1 saturated heterocycles. The Labute approximate surface area is 107 Å². The number of hydrogen-bond donors (Lipinski definition) is 0. The predicted molar refractivity (Wildman–Crippen MR) is 74.1 cm³/mol. The van der Waals surface area contributed by atoms with Gasteiger partial charge in [-0.15, -0.1) is 0 Å². The van der Waals surface area contributed by atoms with Crippen molar-refractivity contribution in [3.8, 4) is 0 Å². The number of ether oxygens (including phenoxy) is 1. The fourth-order valence-corrected chi connectivity index (χ4v) is 2.72. The van der Waals surface area contributed by atoms with Gasteiger partial charge in [-0.1, -0.05) is 13.8 Å². The molecule has 1 fully saturated rings. The molecule has 2 nitrogen and oxygen atoms in total.